The molecule has 0 aliphatic rings. The van der Waals surface area contributed by atoms with Gasteiger partial charge in [0.1, 0.15) is 5.82 Å². The number of para-hydroxylation sites is 2. The van der Waals surface area contributed by atoms with Gasteiger partial charge in [0.15, 0.2) is 0 Å². The Morgan fingerprint density at radius 2 is 2.20 bits per heavy atom. The number of aromatic nitrogens is 2. The number of hydrogen-bond acceptors (Lipinski definition) is 4. The number of methoxy groups -OCH3 is 1. The van der Waals surface area contributed by atoms with E-state index in [1.807, 2.05) is 35.9 Å². The zero-order chi connectivity index (χ0) is 14.4. The van der Waals surface area contributed by atoms with Crippen LogP contribution < -0.4 is 10.6 Å². The van der Waals surface area contributed by atoms with Gasteiger partial charge in [-0.25, -0.2) is 4.98 Å². The highest BCUT2D eigenvalue weighted by Crippen LogP contribution is 2.13. The van der Waals surface area contributed by atoms with Crippen LogP contribution in [0, 0.1) is 0 Å². The van der Waals surface area contributed by atoms with Crippen molar-refractivity contribution in [3.05, 3.63) is 30.1 Å². The number of nitrogens with zero attached hydrogens (tertiary/aromatic N) is 2. The number of imidazole rings is 1. The van der Waals surface area contributed by atoms with Gasteiger partial charge in [-0.3, -0.25) is 4.79 Å². The number of aryl methyl sites for hydroxylation is 1. The lowest BCUT2D eigenvalue weighted by molar-refractivity contribution is -0.120. The summed E-state index contributed by atoms with van der Waals surface area (Å²) >= 11 is 0. The number of fused-ring (bicyclic) bond motifs is 1. The molecular weight excluding hydrogens is 256 g/mol. The average molecular weight is 276 g/mol. The van der Waals surface area contributed by atoms with Crippen molar-refractivity contribution in [3.63, 3.8) is 0 Å². The number of hydrogen-bond donors (Lipinski definition) is 2. The molecule has 2 aromatic rings. The minimum atomic E-state index is -0.0480. The normalized spacial score (nSPS) is 10.9. The number of rotatable bonds is 7. The Bertz CT molecular complexity index is 580. The summed E-state index contributed by atoms with van der Waals surface area (Å²) in [5.41, 5.74) is 2.01. The predicted octanol–water partition coefficient (Wildman–Crippen LogP) is 0.426. The summed E-state index contributed by atoms with van der Waals surface area (Å²) in [5.74, 6) is 0.796. The van der Waals surface area contributed by atoms with Gasteiger partial charge < -0.3 is 19.9 Å². The van der Waals surface area contributed by atoms with E-state index < -0.39 is 0 Å². The molecule has 20 heavy (non-hydrogen) atoms. The molecule has 2 N–H and O–H groups in total. The van der Waals surface area contributed by atoms with E-state index in [0.29, 0.717) is 19.7 Å². The highest BCUT2D eigenvalue weighted by Gasteiger charge is 2.08. The standard InChI is InChI=1S/C14H20N4O2/c1-18-12-6-4-3-5-11(12)17-13(18)9-16-14(19)10-15-7-8-20-2/h3-6,15H,7-10H2,1-2H3,(H,16,19). The Morgan fingerprint density at radius 3 is 2.95 bits per heavy atom. The summed E-state index contributed by atoms with van der Waals surface area (Å²) in [4.78, 5) is 16.2. The van der Waals surface area contributed by atoms with Crippen LogP contribution in [0.1, 0.15) is 5.82 Å². The zero-order valence-corrected chi connectivity index (χ0v) is 11.8. The quantitative estimate of drug-likeness (QED) is 0.719. The van der Waals surface area contributed by atoms with E-state index in [4.69, 9.17) is 4.74 Å². The van der Waals surface area contributed by atoms with Gasteiger partial charge in [-0.1, -0.05) is 12.1 Å². The van der Waals surface area contributed by atoms with Gasteiger partial charge in [-0.05, 0) is 12.1 Å². The average Bonchev–Trinajstić information content (AvgIpc) is 2.78. The summed E-state index contributed by atoms with van der Waals surface area (Å²) in [7, 11) is 3.58. The van der Waals surface area contributed by atoms with Gasteiger partial charge in [0, 0.05) is 20.7 Å². The first kappa shape index (κ1) is 14.5. The molecule has 0 atom stereocenters. The van der Waals surface area contributed by atoms with Gasteiger partial charge in [0.2, 0.25) is 5.91 Å². The molecule has 6 nitrogen and oxygen atoms in total. The maximum absolute atomic E-state index is 11.7. The minimum Gasteiger partial charge on any atom is -0.383 e. The molecule has 1 amide bonds. The van der Waals surface area contributed by atoms with E-state index >= 15 is 0 Å². The van der Waals surface area contributed by atoms with Crippen LogP contribution in [0.25, 0.3) is 11.0 Å². The largest absolute Gasteiger partial charge is 0.383 e. The molecule has 0 unspecified atom stereocenters. The second kappa shape index (κ2) is 7.02. The first-order valence-corrected chi connectivity index (χ1v) is 6.59. The van der Waals surface area contributed by atoms with Crippen LogP contribution in [0.3, 0.4) is 0 Å². The van der Waals surface area contributed by atoms with Crippen molar-refractivity contribution in [2.45, 2.75) is 6.54 Å². The zero-order valence-electron chi connectivity index (χ0n) is 11.8. The highest BCUT2D eigenvalue weighted by atomic mass is 16.5. The molecule has 0 saturated carbocycles. The molecule has 1 heterocycles. The smallest absolute Gasteiger partial charge is 0.234 e. The van der Waals surface area contributed by atoms with Crippen LogP contribution >= 0.6 is 0 Å². The molecule has 1 aromatic heterocycles. The van der Waals surface area contributed by atoms with Crippen molar-refractivity contribution >= 4 is 16.9 Å². The summed E-state index contributed by atoms with van der Waals surface area (Å²) in [6.45, 7) is 1.97. The molecule has 6 heteroatoms. The van der Waals surface area contributed by atoms with E-state index in [-0.39, 0.29) is 12.5 Å². The first-order valence-electron chi connectivity index (χ1n) is 6.59. The second-order valence-corrected chi connectivity index (χ2v) is 4.52. The maximum Gasteiger partial charge on any atom is 0.234 e. The van der Waals surface area contributed by atoms with Crippen LogP contribution in [0.5, 0.6) is 0 Å². The minimum absolute atomic E-state index is 0.0480. The summed E-state index contributed by atoms with van der Waals surface area (Å²) < 4.78 is 6.89. The number of ether oxygens (including phenoxy) is 1. The second-order valence-electron chi connectivity index (χ2n) is 4.52. The summed E-state index contributed by atoms with van der Waals surface area (Å²) in [6, 6.07) is 7.91. The molecule has 0 fully saturated rings. The molecule has 0 saturated heterocycles. The Morgan fingerprint density at radius 1 is 1.40 bits per heavy atom. The Hall–Kier alpha value is -1.92. The van der Waals surface area contributed by atoms with Crippen LogP contribution in [-0.4, -0.2) is 42.3 Å². The molecule has 0 radical (unpaired) electrons. The predicted molar refractivity (Wildman–Crippen MR) is 77.3 cm³/mol. The van der Waals surface area contributed by atoms with Crippen molar-refractivity contribution in [3.8, 4) is 0 Å². The SMILES string of the molecule is COCCNCC(=O)NCc1nc2ccccc2n1C. The van der Waals surface area contributed by atoms with Gasteiger partial charge in [0.05, 0.1) is 30.7 Å². The molecule has 108 valence electrons. The fraction of sp³-hybridized carbons (Fsp3) is 0.429. The third kappa shape index (κ3) is 3.55. The van der Waals surface area contributed by atoms with Crippen molar-refractivity contribution < 1.29 is 9.53 Å². The van der Waals surface area contributed by atoms with Crippen molar-refractivity contribution in [1.29, 1.82) is 0 Å². The van der Waals surface area contributed by atoms with Crippen LogP contribution in [0.4, 0.5) is 0 Å². The molecule has 0 bridgehead atoms. The molecule has 2 rings (SSSR count). The lowest BCUT2D eigenvalue weighted by Crippen LogP contribution is -2.35. The Balaban J connectivity index is 1.86. The lowest BCUT2D eigenvalue weighted by Gasteiger charge is -2.06. The number of amides is 1. The number of carbonyl (C=O) groups excluding carboxylic acids is 1. The number of nitrogens with one attached hydrogen (secondary N) is 2. The molecule has 0 spiro atoms. The molecular formula is C14H20N4O2. The lowest BCUT2D eigenvalue weighted by atomic mass is 10.3. The number of carbonyl (C=O) groups is 1. The molecule has 1 aromatic carbocycles. The van der Waals surface area contributed by atoms with Crippen molar-refractivity contribution in [2.75, 3.05) is 26.8 Å². The number of benzene rings is 1. The monoisotopic (exact) mass is 276 g/mol. The topological polar surface area (TPSA) is 68.2 Å². The van der Waals surface area contributed by atoms with Gasteiger partial charge >= 0.3 is 0 Å². The van der Waals surface area contributed by atoms with Gasteiger partial charge in [-0.15, -0.1) is 0 Å². The summed E-state index contributed by atoms with van der Waals surface area (Å²) in [5, 5.41) is 5.85. The van der Waals surface area contributed by atoms with Crippen molar-refractivity contribution in [2.24, 2.45) is 7.05 Å². The highest BCUT2D eigenvalue weighted by molar-refractivity contribution is 5.78. The van der Waals surface area contributed by atoms with E-state index in [1.165, 1.54) is 0 Å². The van der Waals surface area contributed by atoms with Crippen molar-refractivity contribution in [1.82, 2.24) is 20.2 Å². The van der Waals surface area contributed by atoms with Crippen LogP contribution in [-0.2, 0) is 23.1 Å². The van der Waals surface area contributed by atoms with E-state index in [0.717, 1.165) is 16.9 Å². The molecule has 0 aliphatic carbocycles. The Kier molecular flexibility index (Phi) is 5.09. The van der Waals surface area contributed by atoms with Crippen LogP contribution in [0.2, 0.25) is 0 Å². The maximum atomic E-state index is 11.7. The van der Waals surface area contributed by atoms with Gasteiger partial charge in [0.25, 0.3) is 0 Å². The molecule has 0 aliphatic heterocycles. The third-order valence-electron chi connectivity index (χ3n) is 3.09. The van der Waals surface area contributed by atoms with E-state index in [9.17, 15) is 4.79 Å². The van der Waals surface area contributed by atoms with Gasteiger partial charge in [-0.2, -0.15) is 0 Å². The first-order chi connectivity index (χ1) is 9.72. The van der Waals surface area contributed by atoms with E-state index in [1.54, 1.807) is 7.11 Å². The fourth-order valence-corrected chi connectivity index (χ4v) is 1.97. The summed E-state index contributed by atoms with van der Waals surface area (Å²) in [6.07, 6.45) is 0. The fourth-order valence-electron chi connectivity index (χ4n) is 1.97. The van der Waals surface area contributed by atoms with E-state index in [2.05, 4.69) is 15.6 Å². The third-order valence-corrected chi connectivity index (χ3v) is 3.09. The van der Waals surface area contributed by atoms with Crippen LogP contribution in [0.15, 0.2) is 24.3 Å². The Labute approximate surface area is 118 Å².